The van der Waals surface area contributed by atoms with Crippen LogP contribution >= 0.6 is 24.0 Å². The van der Waals surface area contributed by atoms with Gasteiger partial charge < -0.3 is 4.98 Å². The fourth-order valence-electron chi connectivity index (χ4n) is 2.23. The maximum absolute atomic E-state index is 5.39. The molecule has 4 heteroatoms. The Hall–Kier alpha value is -1.13. The molecule has 0 atom stereocenters. The SMILES string of the molecule is CC(C)c1ccc(-c2nc(=S)c3c([nH]2)CSC3)cc1. The van der Waals surface area contributed by atoms with Gasteiger partial charge in [-0.1, -0.05) is 50.3 Å². The highest BCUT2D eigenvalue weighted by molar-refractivity contribution is 7.98. The highest BCUT2D eigenvalue weighted by Gasteiger charge is 2.15. The number of fused-ring (bicyclic) bond motifs is 1. The molecular formula is C15H16N2S2. The van der Waals surface area contributed by atoms with Gasteiger partial charge in [-0.25, -0.2) is 4.98 Å². The van der Waals surface area contributed by atoms with Gasteiger partial charge >= 0.3 is 0 Å². The third-order valence-electron chi connectivity index (χ3n) is 3.45. The first-order chi connectivity index (χ1) is 9.15. The topological polar surface area (TPSA) is 28.7 Å². The normalized spacial score (nSPS) is 13.8. The molecule has 0 bridgehead atoms. The summed E-state index contributed by atoms with van der Waals surface area (Å²) in [6, 6.07) is 8.58. The summed E-state index contributed by atoms with van der Waals surface area (Å²) in [5.41, 5.74) is 4.91. The van der Waals surface area contributed by atoms with Crippen LogP contribution in [0.5, 0.6) is 0 Å². The molecule has 98 valence electrons. The zero-order chi connectivity index (χ0) is 13.4. The molecule has 2 aromatic rings. The van der Waals surface area contributed by atoms with Crippen LogP contribution in [-0.2, 0) is 11.5 Å². The van der Waals surface area contributed by atoms with Crippen LogP contribution in [0, 0.1) is 4.64 Å². The number of hydrogen-bond donors (Lipinski definition) is 1. The summed E-state index contributed by atoms with van der Waals surface area (Å²) in [5, 5.41) is 0. The minimum Gasteiger partial charge on any atom is -0.342 e. The first-order valence-electron chi connectivity index (χ1n) is 6.45. The molecule has 0 amide bonds. The minimum atomic E-state index is 0.553. The summed E-state index contributed by atoms with van der Waals surface area (Å²) >= 11 is 7.28. The van der Waals surface area contributed by atoms with E-state index in [1.165, 1.54) is 16.8 Å². The van der Waals surface area contributed by atoms with E-state index >= 15 is 0 Å². The molecule has 0 unspecified atom stereocenters. The summed E-state index contributed by atoms with van der Waals surface area (Å²) in [7, 11) is 0. The van der Waals surface area contributed by atoms with Crippen molar-refractivity contribution in [2.24, 2.45) is 0 Å². The van der Waals surface area contributed by atoms with Crippen LogP contribution in [-0.4, -0.2) is 9.97 Å². The van der Waals surface area contributed by atoms with E-state index in [9.17, 15) is 0 Å². The van der Waals surface area contributed by atoms with Crippen molar-refractivity contribution in [3.8, 4) is 11.4 Å². The Morgan fingerprint density at radius 2 is 1.95 bits per heavy atom. The largest absolute Gasteiger partial charge is 0.342 e. The van der Waals surface area contributed by atoms with Crippen molar-refractivity contribution in [1.29, 1.82) is 0 Å². The Bertz CT molecular complexity index is 657. The van der Waals surface area contributed by atoms with Crippen LogP contribution in [0.15, 0.2) is 24.3 Å². The first kappa shape index (κ1) is 12.9. The van der Waals surface area contributed by atoms with Gasteiger partial charge in [0.25, 0.3) is 0 Å². The van der Waals surface area contributed by atoms with Crippen LogP contribution in [0.1, 0.15) is 36.6 Å². The Morgan fingerprint density at radius 1 is 1.21 bits per heavy atom. The number of aromatic nitrogens is 2. The molecule has 1 aromatic carbocycles. The number of H-pyrrole nitrogens is 1. The van der Waals surface area contributed by atoms with Gasteiger partial charge in [-0.15, -0.1) is 0 Å². The molecule has 0 saturated carbocycles. The fourth-order valence-corrected chi connectivity index (χ4v) is 3.68. The number of benzene rings is 1. The van der Waals surface area contributed by atoms with Crippen molar-refractivity contribution >= 4 is 24.0 Å². The van der Waals surface area contributed by atoms with Gasteiger partial charge in [0.1, 0.15) is 10.5 Å². The number of nitrogens with zero attached hydrogens (tertiary/aromatic N) is 1. The predicted octanol–water partition coefficient (Wildman–Crippen LogP) is 4.68. The van der Waals surface area contributed by atoms with Crippen molar-refractivity contribution in [3.05, 3.63) is 45.7 Å². The van der Waals surface area contributed by atoms with Gasteiger partial charge in [-0.3, -0.25) is 0 Å². The molecule has 2 heterocycles. The summed E-state index contributed by atoms with van der Waals surface area (Å²) in [6.07, 6.45) is 0. The summed E-state index contributed by atoms with van der Waals surface area (Å²) in [4.78, 5) is 7.97. The minimum absolute atomic E-state index is 0.553. The third-order valence-corrected chi connectivity index (χ3v) is 4.77. The van der Waals surface area contributed by atoms with Crippen LogP contribution in [0.4, 0.5) is 0 Å². The lowest BCUT2D eigenvalue weighted by molar-refractivity contribution is 0.866. The van der Waals surface area contributed by atoms with Crippen LogP contribution in [0.2, 0.25) is 0 Å². The van der Waals surface area contributed by atoms with E-state index in [0.29, 0.717) is 5.92 Å². The molecule has 1 aliphatic heterocycles. The zero-order valence-corrected chi connectivity index (χ0v) is 12.7. The number of nitrogens with one attached hydrogen (secondary N) is 1. The second-order valence-corrected chi connectivity index (χ2v) is 6.49. The molecule has 1 N–H and O–H groups in total. The number of hydrogen-bond acceptors (Lipinski definition) is 3. The van der Waals surface area contributed by atoms with Crippen molar-refractivity contribution < 1.29 is 0 Å². The van der Waals surface area contributed by atoms with E-state index < -0.39 is 0 Å². The zero-order valence-electron chi connectivity index (χ0n) is 11.1. The fraction of sp³-hybridized carbons (Fsp3) is 0.333. The summed E-state index contributed by atoms with van der Waals surface area (Å²) in [6.45, 7) is 4.40. The molecule has 19 heavy (non-hydrogen) atoms. The van der Waals surface area contributed by atoms with Crippen molar-refractivity contribution in [2.45, 2.75) is 31.3 Å². The maximum atomic E-state index is 5.39. The van der Waals surface area contributed by atoms with E-state index in [2.05, 4.69) is 48.1 Å². The highest BCUT2D eigenvalue weighted by Crippen LogP contribution is 2.30. The van der Waals surface area contributed by atoms with Crippen LogP contribution in [0.25, 0.3) is 11.4 Å². The number of aromatic amines is 1. The summed E-state index contributed by atoms with van der Waals surface area (Å²) in [5.74, 6) is 3.45. The molecular weight excluding hydrogens is 272 g/mol. The van der Waals surface area contributed by atoms with Crippen LogP contribution < -0.4 is 0 Å². The molecule has 0 radical (unpaired) electrons. The monoisotopic (exact) mass is 288 g/mol. The second kappa shape index (κ2) is 5.10. The number of rotatable bonds is 2. The van der Waals surface area contributed by atoms with E-state index in [1.54, 1.807) is 0 Å². The molecule has 1 aliphatic rings. The lowest BCUT2D eigenvalue weighted by Gasteiger charge is -2.08. The van der Waals surface area contributed by atoms with Crippen molar-refractivity contribution in [1.82, 2.24) is 9.97 Å². The molecule has 0 saturated heterocycles. The lowest BCUT2D eigenvalue weighted by atomic mass is 10.0. The van der Waals surface area contributed by atoms with Gasteiger partial charge in [-0.05, 0) is 11.5 Å². The Labute approximate surface area is 122 Å². The average Bonchev–Trinajstić information content (AvgIpc) is 2.87. The maximum Gasteiger partial charge on any atom is 0.139 e. The Morgan fingerprint density at radius 3 is 2.63 bits per heavy atom. The van der Waals surface area contributed by atoms with Crippen molar-refractivity contribution in [2.75, 3.05) is 0 Å². The van der Waals surface area contributed by atoms with Crippen LogP contribution in [0.3, 0.4) is 0 Å². The van der Waals surface area contributed by atoms with E-state index in [-0.39, 0.29) is 0 Å². The van der Waals surface area contributed by atoms with Gasteiger partial charge in [0.15, 0.2) is 0 Å². The van der Waals surface area contributed by atoms with Gasteiger partial charge in [-0.2, -0.15) is 11.8 Å². The summed E-state index contributed by atoms with van der Waals surface area (Å²) < 4.78 is 0.752. The van der Waals surface area contributed by atoms with E-state index in [1.807, 2.05) is 11.8 Å². The highest BCUT2D eigenvalue weighted by atomic mass is 32.2. The smallest absolute Gasteiger partial charge is 0.139 e. The molecule has 3 rings (SSSR count). The molecule has 1 aromatic heterocycles. The van der Waals surface area contributed by atoms with E-state index in [0.717, 1.165) is 27.5 Å². The quantitative estimate of drug-likeness (QED) is 0.814. The third kappa shape index (κ3) is 2.47. The first-order valence-corrected chi connectivity index (χ1v) is 8.01. The standard InChI is InChI=1S/C15H16N2S2/c1-9(2)10-3-5-11(6-4-10)14-16-13-8-19-7-12(13)15(18)17-14/h3-6,9H,7-8H2,1-2H3,(H,16,17,18). The molecule has 2 nitrogen and oxygen atoms in total. The second-order valence-electron chi connectivity index (χ2n) is 5.12. The molecule has 0 aliphatic carbocycles. The Kier molecular flexibility index (Phi) is 3.46. The molecule has 0 spiro atoms. The molecule has 0 fully saturated rings. The Balaban J connectivity index is 2.03. The van der Waals surface area contributed by atoms with Gasteiger partial charge in [0, 0.05) is 28.3 Å². The van der Waals surface area contributed by atoms with Crippen molar-refractivity contribution in [3.63, 3.8) is 0 Å². The number of thioether (sulfide) groups is 1. The lowest BCUT2D eigenvalue weighted by Crippen LogP contribution is -1.97. The average molecular weight is 288 g/mol. The predicted molar refractivity (Wildman–Crippen MR) is 83.9 cm³/mol. The van der Waals surface area contributed by atoms with Gasteiger partial charge in [0.05, 0.1) is 0 Å². The van der Waals surface area contributed by atoms with Gasteiger partial charge in [0.2, 0.25) is 0 Å². The van der Waals surface area contributed by atoms with E-state index in [4.69, 9.17) is 12.2 Å².